The lowest BCUT2D eigenvalue weighted by molar-refractivity contribution is -0.117. The van der Waals surface area contributed by atoms with Crippen LogP contribution in [0.4, 0.5) is 11.4 Å². The van der Waals surface area contributed by atoms with Gasteiger partial charge in [-0.2, -0.15) is 0 Å². The van der Waals surface area contributed by atoms with Gasteiger partial charge in [-0.25, -0.2) is 4.98 Å². The minimum atomic E-state index is -0.620. The van der Waals surface area contributed by atoms with Gasteiger partial charge in [0.2, 0.25) is 11.7 Å². The number of morpholine rings is 1. The van der Waals surface area contributed by atoms with Crippen LogP contribution in [0.15, 0.2) is 53.4 Å². The number of nitrogens with zero attached hydrogens (tertiary/aromatic N) is 4. The van der Waals surface area contributed by atoms with E-state index in [2.05, 4.69) is 38.3 Å². The Hall–Kier alpha value is -3.37. The number of nitrogens with two attached hydrogens (primary N) is 1. The molecule has 2 aliphatic rings. The zero-order valence-electron chi connectivity index (χ0n) is 19.1. The second-order valence-electron chi connectivity index (χ2n) is 7.94. The Labute approximate surface area is 202 Å². The molecule has 5 rings (SSSR count). The van der Waals surface area contributed by atoms with Crippen molar-refractivity contribution < 1.29 is 14.3 Å². The van der Waals surface area contributed by atoms with Gasteiger partial charge in [0.15, 0.2) is 0 Å². The number of hydrogen-bond acceptors (Lipinski definition) is 7. The Morgan fingerprint density at radius 2 is 1.94 bits per heavy atom. The summed E-state index contributed by atoms with van der Waals surface area (Å²) >= 11 is 1.77. The van der Waals surface area contributed by atoms with Gasteiger partial charge in [0.1, 0.15) is 5.82 Å². The Balaban J connectivity index is 0.000000166. The van der Waals surface area contributed by atoms with Crippen LogP contribution in [0, 0.1) is 0 Å². The maximum atomic E-state index is 11.9. The summed E-state index contributed by atoms with van der Waals surface area (Å²) in [6.07, 6.45) is 1.23. The highest BCUT2D eigenvalue weighted by Gasteiger charge is 2.21. The maximum absolute atomic E-state index is 11.9. The van der Waals surface area contributed by atoms with E-state index in [1.165, 1.54) is 10.6 Å². The van der Waals surface area contributed by atoms with Crippen molar-refractivity contribution in [3.63, 3.8) is 0 Å². The molecule has 0 radical (unpaired) electrons. The number of carbonyl (C=O) groups is 2. The van der Waals surface area contributed by atoms with Crippen LogP contribution in [-0.2, 0) is 16.0 Å². The SMILES string of the molecule is CN1C(=O)CCSc2ccc(N3CCOCC3)cc21.NC(=O)c1n[nH]c(Cc2ccccc2)n1. The van der Waals surface area contributed by atoms with Gasteiger partial charge in [0.05, 0.1) is 18.9 Å². The monoisotopic (exact) mass is 480 g/mol. The molecule has 1 fully saturated rings. The van der Waals surface area contributed by atoms with Crippen LogP contribution in [0.25, 0.3) is 0 Å². The predicted octanol–water partition coefficient (Wildman–Crippen LogP) is 2.48. The fraction of sp³-hybridized carbons (Fsp3) is 0.333. The van der Waals surface area contributed by atoms with Crippen LogP contribution < -0.4 is 15.5 Å². The third kappa shape index (κ3) is 5.95. The lowest BCUT2D eigenvalue weighted by Crippen LogP contribution is -2.36. The van der Waals surface area contributed by atoms with Gasteiger partial charge in [-0.15, -0.1) is 16.9 Å². The normalized spacial score (nSPS) is 15.7. The second kappa shape index (κ2) is 11.2. The summed E-state index contributed by atoms with van der Waals surface area (Å²) < 4.78 is 5.38. The van der Waals surface area contributed by atoms with Crippen molar-refractivity contribution in [2.24, 2.45) is 5.73 Å². The van der Waals surface area contributed by atoms with Gasteiger partial charge in [0.25, 0.3) is 5.91 Å². The summed E-state index contributed by atoms with van der Waals surface area (Å²) in [6.45, 7) is 3.40. The number of benzene rings is 2. The summed E-state index contributed by atoms with van der Waals surface area (Å²) in [5.41, 5.74) is 8.36. The number of ether oxygens (including phenoxy) is 1. The quantitative estimate of drug-likeness (QED) is 0.589. The van der Waals surface area contributed by atoms with E-state index in [1.54, 1.807) is 16.7 Å². The van der Waals surface area contributed by atoms with Gasteiger partial charge < -0.3 is 20.3 Å². The number of hydrogen-bond donors (Lipinski definition) is 2. The number of primary amides is 1. The largest absolute Gasteiger partial charge is 0.378 e. The van der Waals surface area contributed by atoms with Crippen LogP contribution in [-0.4, -0.2) is 66.1 Å². The first kappa shape index (κ1) is 23.8. The number of aromatic amines is 1. The van der Waals surface area contributed by atoms with Gasteiger partial charge in [-0.05, 0) is 23.8 Å². The van der Waals surface area contributed by atoms with Gasteiger partial charge >= 0.3 is 0 Å². The van der Waals surface area contributed by atoms with E-state index in [0.717, 1.165) is 43.3 Å². The Morgan fingerprint density at radius 1 is 1.18 bits per heavy atom. The highest BCUT2D eigenvalue weighted by atomic mass is 32.2. The molecule has 9 nitrogen and oxygen atoms in total. The molecule has 2 amide bonds. The lowest BCUT2D eigenvalue weighted by atomic mass is 10.1. The van der Waals surface area contributed by atoms with E-state index in [1.807, 2.05) is 37.4 Å². The molecule has 2 aromatic carbocycles. The van der Waals surface area contributed by atoms with Crippen molar-refractivity contribution in [3.05, 3.63) is 65.7 Å². The van der Waals surface area contributed by atoms with Crippen molar-refractivity contribution in [2.45, 2.75) is 17.7 Å². The highest BCUT2D eigenvalue weighted by molar-refractivity contribution is 7.99. The fourth-order valence-corrected chi connectivity index (χ4v) is 4.74. The standard InChI is InChI=1S/C14H18N2O2S.C10H10N4O/c1-15-12-10-11(16-5-7-18-8-6-16)2-3-13(12)19-9-4-14(15)17;11-9(15)10-12-8(13-14-10)6-7-4-2-1-3-5-7/h2-3,10H,4-9H2,1H3;1-5H,6H2,(H2,11,15)(H,12,13,14). The van der Waals surface area contributed by atoms with Crippen molar-refractivity contribution in [1.29, 1.82) is 0 Å². The van der Waals surface area contributed by atoms with E-state index in [9.17, 15) is 9.59 Å². The van der Waals surface area contributed by atoms with Crippen molar-refractivity contribution in [2.75, 3.05) is 48.9 Å². The Morgan fingerprint density at radius 3 is 2.65 bits per heavy atom. The van der Waals surface area contributed by atoms with E-state index in [4.69, 9.17) is 10.5 Å². The number of fused-ring (bicyclic) bond motifs is 1. The minimum absolute atomic E-state index is 0.0286. The molecule has 34 heavy (non-hydrogen) atoms. The van der Waals surface area contributed by atoms with Crippen LogP contribution in [0.1, 0.15) is 28.4 Å². The maximum Gasteiger partial charge on any atom is 0.288 e. The number of anilines is 2. The molecule has 1 saturated heterocycles. The lowest BCUT2D eigenvalue weighted by Gasteiger charge is -2.30. The third-order valence-electron chi connectivity index (χ3n) is 5.59. The Bertz CT molecular complexity index is 1130. The molecule has 0 aliphatic carbocycles. The van der Waals surface area contributed by atoms with Crippen LogP contribution >= 0.6 is 11.8 Å². The molecule has 0 saturated carbocycles. The molecule has 0 bridgehead atoms. The number of aromatic nitrogens is 3. The molecule has 0 unspecified atom stereocenters. The molecule has 3 aromatic rings. The molecule has 10 heteroatoms. The summed E-state index contributed by atoms with van der Waals surface area (Å²) in [5, 5.41) is 6.37. The zero-order valence-corrected chi connectivity index (χ0v) is 19.9. The van der Waals surface area contributed by atoms with Crippen LogP contribution in [0.3, 0.4) is 0 Å². The molecule has 3 heterocycles. The number of carbonyl (C=O) groups excluding carboxylic acids is 2. The summed E-state index contributed by atoms with van der Waals surface area (Å²) in [5.74, 6) is 1.11. The molecule has 0 spiro atoms. The molecule has 0 atom stereocenters. The van der Waals surface area contributed by atoms with Gasteiger partial charge in [0, 0.05) is 49.3 Å². The van der Waals surface area contributed by atoms with E-state index in [0.29, 0.717) is 18.7 Å². The highest BCUT2D eigenvalue weighted by Crippen LogP contribution is 2.36. The molecule has 178 valence electrons. The third-order valence-corrected chi connectivity index (χ3v) is 6.66. The molecule has 1 aromatic heterocycles. The van der Waals surface area contributed by atoms with E-state index < -0.39 is 5.91 Å². The summed E-state index contributed by atoms with van der Waals surface area (Å²) in [4.78, 5) is 32.0. The minimum Gasteiger partial charge on any atom is -0.378 e. The molecule has 2 aliphatic heterocycles. The molecule has 3 N–H and O–H groups in total. The number of thioether (sulfide) groups is 1. The topological polar surface area (TPSA) is 117 Å². The smallest absolute Gasteiger partial charge is 0.288 e. The van der Waals surface area contributed by atoms with Crippen molar-refractivity contribution in [1.82, 2.24) is 15.2 Å². The Kier molecular flexibility index (Phi) is 7.81. The van der Waals surface area contributed by atoms with Crippen LogP contribution in [0.2, 0.25) is 0 Å². The molecular formula is C24H28N6O3S. The average Bonchev–Trinajstić information content (AvgIpc) is 3.29. The predicted molar refractivity (Wildman–Crippen MR) is 132 cm³/mol. The van der Waals surface area contributed by atoms with Gasteiger partial charge in [-0.3, -0.25) is 14.7 Å². The first-order valence-corrected chi connectivity index (χ1v) is 12.1. The first-order valence-electron chi connectivity index (χ1n) is 11.1. The average molecular weight is 481 g/mol. The second-order valence-corrected chi connectivity index (χ2v) is 9.07. The summed E-state index contributed by atoms with van der Waals surface area (Å²) in [7, 11) is 1.87. The number of nitrogens with one attached hydrogen (secondary N) is 1. The van der Waals surface area contributed by atoms with Crippen molar-refractivity contribution in [3.8, 4) is 0 Å². The number of H-pyrrole nitrogens is 1. The first-order chi connectivity index (χ1) is 16.5. The number of rotatable bonds is 4. The zero-order chi connectivity index (χ0) is 23.9. The molecular weight excluding hydrogens is 452 g/mol. The van der Waals surface area contributed by atoms with Crippen molar-refractivity contribution >= 4 is 35.0 Å². The van der Waals surface area contributed by atoms with E-state index in [-0.39, 0.29) is 11.7 Å². The number of amides is 2. The fourth-order valence-electron chi connectivity index (χ4n) is 3.73. The van der Waals surface area contributed by atoms with Crippen LogP contribution in [0.5, 0.6) is 0 Å². The van der Waals surface area contributed by atoms with E-state index >= 15 is 0 Å². The van der Waals surface area contributed by atoms with Gasteiger partial charge in [-0.1, -0.05) is 30.3 Å². The summed E-state index contributed by atoms with van der Waals surface area (Å²) in [6, 6.07) is 16.2.